The number of benzene rings is 1. The highest BCUT2D eigenvalue weighted by atomic mass is 32.2. The van der Waals surface area contributed by atoms with Crippen LogP contribution in [0, 0.1) is 5.92 Å². The van der Waals surface area contributed by atoms with E-state index in [1.165, 1.54) is 21.3 Å². The molecular weight excluding hydrogens is 444 g/mol. The number of amides is 2. The average molecular weight is 481 g/mol. The second-order valence-electron chi connectivity index (χ2n) is 8.72. The maximum atomic E-state index is 13.2. The Kier molecular flexibility index (Phi) is 8.72. The van der Waals surface area contributed by atoms with Crippen LogP contribution in [0.25, 0.3) is 0 Å². The van der Waals surface area contributed by atoms with Crippen molar-refractivity contribution in [2.24, 2.45) is 5.92 Å². The van der Waals surface area contributed by atoms with E-state index in [0.29, 0.717) is 37.0 Å². The van der Waals surface area contributed by atoms with Gasteiger partial charge in [0.05, 0.1) is 10.6 Å². The van der Waals surface area contributed by atoms with E-state index in [0.717, 1.165) is 38.9 Å². The molecule has 10 heteroatoms. The number of piperidine rings is 1. The molecule has 1 N–H and O–H groups in total. The molecule has 0 spiro atoms. The van der Waals surface area contributed by atoms with Gasteiger partial charge in [0.2, 0.25) is 15.9 Å². The van der Waals surface area contributed by atoms with Crippen LogP contribution in [-0.2, 0) is 19.6 Å². The largest absolute Gasteiger partial charge is 0.482 e. The minimum atomic E-state index is -3.68. The first-order valence-corrected chi connectivity index (χ1v) is 13.3. The Bertz CT molecular complexity index is 940. The molecule has 0 radical (unpaired) electrons. The zero-order chi connectivity index (χ0) is 24.0. The van der Waals surface area contributed by atoms with Crippen LogP contribution < -0.4 is 15.0 Å². The summed E-state index contributed by atoms with van der Waals surface area (Å²) in [5.74, 6) is 0.248. The summed E-state index contributed by atoms with van der Waals surface area (Å²) in [6, 6.07) is 4.52. The van der Waals surface area contributed by atoms with Gasteiger partial charge < -0.3 is 15.0 Å². The second kappa shape index (κ2) is 11.3. The Balaban J connectivity index is 1.69. The van der Waals surface area contributed by atoms with E-state index in [-0.39, 0.29) is 29.9 Å². The van der Waals surface area contributed by atoms with Gasteiger partial charge in [-0.15, -0.1) is 0 Å². The summed E-state index contributed by atoms with van der Waals surface area (Å²) in [6.45, 7) is 10.3. The Morgan fingerprint density at radius 3 is 2.58 bits per heavy atom. The van der Waals surface area contributed by atoms with Crippen LogP contribution in [0.1, 0.15) is 40.0 Å². The van der Waals surface area contributed by atoms with Crippen LogP contribution in [0.5, 0.6) is 5.75 Å². The zero-order valence-corrected chi connectivity index (χ0v) is 20.7. The van der Waals surface area contributed by atoms with Crippen molar-refractivity contribution >= 4 is 27.5 Å². The van der Waals surface area contributed by atoms with Gasteiger partial charge >= 0.3 is 0 Å². The summed E-state index contributed by atoms with van der Waals surface area (Å²) < 4.78 is 33.3. The summed E-state index contributed by atoms with van der Waals surface area (Å²) in [5.41, 5.74) is 0.316. The molecule has 33 heavy (non-hydrogen) atoms. The molecule has 1 fully saturated rings. The van der Waals surface area contributed by atoms with E-state index >= 15 is 0 Å². The van der Waals surface area contributed by atoms with Crippen molar-refractivity contribution in [3.63, 3.8) is 0 Å². The number of hydrogen-bond donors (Lipinski definition) is 1. The second-order valence-corrected chi connectivity index (χ2v) is 10.7. The van der Waals surface area contributed by atoms with Crippen molar-refractivity contribution in [1.82, 2.24) is 14.5 Å². The van der Waals surface area contributed by atoms with Crippen molar-refractivity contribution in [3.8, 4) is 5.75 Å². The van der Waals surface area contributed by atoms with Crippen LogP contribution in [0.3, 0.4) is 0 Å². The standard InChI is InChI=1S/C23H36N4O5S/c1-4-25(5-2)12-6-11-24-22(28)16-27-20-15-19(7-8-21(20)32-17-23(27)29)33(30,31)26-13-9-18(3)10-14-26/h7-8,15,18H,4-6,9-14,16-17H2,1-3H3,(H,24,28). The summed E-state index contributed by atoms with van der Waals surface area (Å²) in [6.07, 6.45) is 2.47. The number of anilines is 1. The lowest BCUT2D eigenvalue weighted by atomic mass is 10.0. The first-order chi connectivity index (χ1) is 15.8. The van der Waals surface area contributed by atoms with Crippen molar-refractivity contribution < 1.29 is 22.7 Å². The molecule has 1 saturated heterocycles. The SMILES string of the molecule is CCN(CC)CCCNC(=O)CN1C(=O)COc2ccc(S(=O)(=O)N3CCC(C)CC3)cc21. The molecule has 0 bridgehead atoms. The molecule has 2 heterocycles. The van der Waals surface area contributed by atoms with Gasteiger partial charge in [-0.3, -0.25) is 14.5 Å². The Labute approximate surface area is 197 Å². The normalized spacial score (nSPS) is 17.7. The van der Waals surface area contributed by atoms with Gasteiger partial charge in [0, 0.05) is 19.6 Å². The number of sulfonamides is 1. The number of nitrogens with zero attached hydrogens (tertiary/aromatic N) is 3. The molecule has 3 rings (SSSR count). The average Bonchev–Trinajstić information content (AvgIpc) is 2.81. The zero-order valence-electron chi connectivity index (χ0n) is 19.9. The Hall–Kier alpha value is -2.17. The molecule has 184 valence electrons. The fourth-order valence-corrected chi connectivity index (χ4v) is 5.65. The monoisotopic (exact) mass is 480 g/mol. The van der Waals surface area contributed by atoms with Gasteiger partial charge in [0.25, 0.3) is 5.91 Å². The number of carbonyl (C=O) groups is 2. The third-order valence-electron chi connectivity index (χ3n) is 6.42. The Morgan fingerprint density at radius 1 is 1.21 bits per heavy atom. The van der Waals surface area contributed by atoms with Crippen LogP contribution in [0.4, 0.5) is 5.69 Å². The summed E-state index contributed by atoms with van der Waals surface area (Å²) in [4.78, 5) is 28.8. The van der Waals surface area contributed by atoms with Crippen molar-refractivity contribution in [1.29, 1.82) is 0 Å². The molecule has 0 saturated carbocycles. The summed E-state index contributed by atoms with van der Waals surface area (Å²) in [5, 5.41) is 2.86. The van der Waals surface area contributed by atoms with Crippen LogP contribution in [0.15, 0.2) is 23.1 Å². The van der Waals surface area contributed by atoms with Crippen molar-refractivity contribution in [2.45, 2.75) is 44.9 Å². The third-order valence-corrected chi connectivity index (χ3v) is 8.32. The highest BCUT2D eigenvalue weighted by Crippen LogP contribution is 2.35. The number of fused-ring (bicyclic) bond motifs is 1. The molecule has 1 aromatic carbocycles. The minimum Gasteiger partial charge on any atom is -0.482 e. The Morgan fingerprint density at radius 2 is 1.91 bits per heavy atom. The summed E-state index contributed by atoms with van der Waals surface area (Å²) in [7, 11) is -3.68. The van der Waals surface area contributed by atoms with Crippen molar-refractivity contribution in [3.05, 3.63) is 18.2 Å². The quantitative estimate of drug-likeness (QED) is 0.512. The first kappa shape index (κ1) is 25.5. The van der Waals surface area contributed by atoms with E-state index in [1.807, 2.05) is 0 Å². The maximum Gasteiger partial charge on any atom is 0.265 e. The number of rotatable bonds is 10. The molecule has 2 aliphatic heterocycles. The van der Waals surface area contributed by atoms with E-state index in [2.05, 4.69) is 31.0 Å². The van der Waals surface area contributed by atoms with Gasteiger partial charge in [-0.25, -0.2) is 8.42 Å². The molecule has 2 aliphatic rings. The van der Waals surface area contributed by atoms with Gasteiger partial charge in [0.15, 0.2) is 6.61 Å². The lowest BCUT2D eigenvalue weighted by molar-refractivity contribution is -0.125. The fraction of sp³-hybridized carbons (Fsp3) is 0.652. The van der Waals surface area contributed by atoms with Gasteiger partial charge in [-0.1, -0.05) is 20.8 Å². The van der Waals surface area contributed by atoms with Gasteiger partial charge in [-0.05, 0) is 63.0 Å². The lowest BCUT2D eigenvalue weighted by Gasteiger charge is -2.31. The van der Waals surface area contributed by atoms with Gasteiger partial charge in [0.1, 0.15) is 12.3 Å². The minimum absolute atomic E-state index is 0.110. The molecule has 0 aromatic heterocycles. The van der Waals surface area contributed by atoms with Gasteiger partial charge in [-0.2, -0.15) is 4.31 Å². The van der Waals surface area contributed by atoms with E-state index < -0.39 is 10.0 Å². The number of carbonyl (C=O) groups excluding carboxylic acids is 2. The van der Waals surface area contributed by atoms with Crippen LogP contribution >= 0.6 is 0 Å². The van der Waals surface area contributed by atoms with Crippen molar-refractivity contribution in [2.75, 3.05) is 57.3 Å². The molecule has 0 unspecified atom stereocenters. The van der Waals surface area contributed by atoms with E-state index in [1.54, 1.807) is 6.07 Å². The maximum absolute atomic E-state index is 13.2. The number of nitrogens with one attached hydrogen (secondary N) is 1. The molecule has 0 aliphatic carbocycles. The highest BCUT2D eigenvalue weighted by molar-refractivity contribution is 7.89. The first-order valence-electron chi connectivity index (χ1n) is 11.8. The lowest BCUT2D eigenvalue weighted by Crippen LogP contribution is -2.45. The molecule has 1 aromatic rings. The smallest absolute Gasteiger partial charge is 0.265 e. The topological polar surface area (TPSA) is 99.3 Å². The van der Waals surface area contributed by atoms with Crippen LogP contribution in [0.2, 0.25) is 0 Å². The highest BCUT2D eigenvalue weighted by Gasteiger charge is 2.32. The van der Waals surface area contributed by atoms with E-state index in [4.69, 9.17) is 4.74 Å². The third kappa shape index (κ3) is 6.24. The fourth-order valence-electron chi connectivity index (χ4n) is 4.16. The molecular formula is C23H36N4O5S. The number of ether oxygens (including phenoxy) is 1. The predicted octanol–water partition coefficient (Wildman–Crippen LogP) is 1.68. The number of hydrogen-bond acceptors (Lipinski definition) is 6. The molecule has 0 atom stereocenters. The summed E-state index contributed by atoms with van der Waals surface area (Å²) >= 11 is 0. The van der Waals surface area contributed by atoms with E-state index in [9.17, 15) is 18.0 Å². The molecule has 2 amide bonds. The van der Waals surface area contributed by atoms with Crippen LogP contribution in [-0.4, -0.2) is 81.9 Å². The molecule has 9 nitrogen and oxygen atoms in total. The predicted molar refractivity (Wildman–Crippen MR) is 127 cm³/mol.